The molecule has 0 saturated heterocycles. The summed E-state index contributed by atoms with van der Waals surface area (Å²) < 4.78 is 5.05. The molecule has 17 heavy (non-hydrogen) atoms. The third-order valence-corrected chi connectivity index (χ3v) is 3.68. The SMILES string of the molecule is CCC1CCCC(Nc2ccc(OC)nc2)C1. The Morgan fingerprint density at radius 2 is 2.29 bits per heavy atom. The Morgan fingerprint density at radius 3 is 2.94 bits per heavy atom. The second kappa shape index (κ2) is 5.89. The summed E-state index contributed by atoms with van der Waals surface area (Å²) in [5.74, 6) is 1.57. The predicted octanol–water partition coefficient (Wildman–Crippen LogP) is 3.47. The molecule has 3 nitrogen and oxygen atoms in total. The van der Waals surface area contributed by atoms with Gasteiger partial charge >= 0.3 is 0 Å². The van der Waals surface area contributed by atoms with Crippen LogP contribution in [-0.2, 0) is 0 Å². The van der Waals surface area contributed by atoms with Crippen molar-refractivity contribution in [2.75, 3.05) is 12.4 Å². The summed E-state index contributed by atoms with van der Waals surface area (Å²) in [6.07, 6.45) is 8.48. The molecule has 0 bridgehead atoms. The highest BCUT2D eigenvalue weighted by molar-refractivity contribution is 5.43. The smallest absolute Gasteiger partial charge is 0.213 e. The van der Waals surface area contributed by atoms with Crippen LogP contribution in [0.25, 0.3) is 0 Å². The number of nitrogens with one attached hydrogen (secondary N) is 1. The zero-order valence-corrected chi connectivity index (χ0v) is 10.8. The molecule has 1 aromatic heterocycles. The maximum Gasteiger partial charge on any atom is 0.213 e. The average molecular weight is 234 g/mol. The van der Waals surface area contributed by atoms with E-state index in [1.165, 1.54) is 32.1 Å². The summed E-state index contributed by atoms with van der Waals surface area (Å²) in [5.41, 5.74) is 1.10. The highest BCUT2D eigenvalue weighted by Gasteiger charge is 2.20. The van der Waals surface area contributed by atoms with E-state index in [1.807, 2.05) is 18.3 Å². The standard InChI is InChI=1S/C14H22N2O/c1-3-11-5-4-6-12(9-11)16-13-7-8-14(17-2)15-10-13/h7-8,10-12,16H,3-6,9H2,1-2H3. The molecule has 94 valence electrons. The number of nitrogens with zero attached hydrogens (tertiary/aromatic N) is 1. The Bertz CT molecular complexity index is 337. The molecule has 1 aromatic rings. The van der Waals surface area contributed by atoms with Gasteiger partial charge in [-0.15, -0.1) is 0 Å². The van der Waals surface area contributed by atoms with E-state index in [9.17, 15) is 0 Å². The van der Waals surface area contributed by atoms with Gasteiger partial charge in [-0.2, -0.15) is 0 Å². The van der Waals surface area contributed by atoms with Gasteiger partial charge in [-0.1, -0.05) is 26.2 Å². The molecule has 0 aliphatic heterocycles. The van der Waals surface area contributed by atoms with Crippen LogP contribution in [0, 0.1) is 5.92 Å². The number of hydrogen-bond acceptors (Lipinski definition) is 3. The Balaban J connectivity index is 1.90. The zero-order valence-electron chi connectivity index (χ0n) is 10.8. The van der Waals surface area contributed by atoms with Gasteiger partial charge in [0.25, 0.3) is 0 Å². The van der Waals surface area contributed by atoms with E-state index in [2.05, 4.69) is 17.2 Å². The Labute approximate surface area is 104 Å². The minimum atomic E-state index is 0.615. The van der Waals surface area contributed by atoms with E-state index in [0.717, 1.165) is 11.6 Å². The van der Waals surface area contributed by atoms with E-state index in [-0.39, 0.29) is 0 Å². The Kier molecular flexibility index (Phi) is 4.24. The first-order valence-corrected chi connectivity index (χ1v) is 6.58. The second-order valence-corrected chi connectivity index (χ2v) is 4.87. The number of anilines is 1. The molecule has 1 aliphatic carbocycles. The molecule has 0 aromatic carbocycles. The minimum Gasteiger partial charge on any atom is -0.481 e. The molecule has 0 radical (unpaired) electrons. The first-order chi connectivity index (χ1) is 8.31. The number of ether oxygens (including phenoxy) is 1. The van der Waals surface area contributed by atoms with Crippen molar-refractivity contribution in [2.24, 2.45) is 5.92 Å². The van der Waals surface area contributed by atoms with Crippen molar-refractivity contribution in [2.45, 2.75) is 45.1 Å². The molecule has 0 amide bonds. The summed E-state index contributed by atoms with van der Waals surface area (Å²) in [6.45, 7) is 2.29. The Hall–Kier alpha value is -1.25. The van der Waals surface area contributed by atoms with Crippen LogP contribution in [0.2, 0.25) is 0 Å². The molecule has 1 fully saturated rings. The lowest BCUT2D eigenvalue weighted by atomic mass is 9.84. The van der Waals surface area contributed by atoms with Gasteiger partial charge < -0.3 is 10.1 Å². The molecule has 1 saturated carbocycles. The van der Waals surface area contributed by atoms with Crippen molar-refractivity contribution in [3.05, 3.63) is 18.3 Å². The molecule has 2 unspecified atom stereocenters. The van der Waals surface area contributed by atoms with Gasteiger partial charge in [0.2, 0.25) is 5.88 Å². The number of hydrogen-bond donors (Lipinski definition) is 1. The molecule has 1 N–H and O–H groups in total. The first kappa shape index (κ1) is 12.2. The van der Waals surface area contributed by atoms with Gasteiger partial charge in [-0.25, -0.2) is 4.98 Å². The van der Waals surface area contributed by atoms with Gasteiger partial charge in [0, 0.05) is 12.1 Å². The van der Waals surface area contributed by atoms with E-state index in [0.29, 0.717) is 11.9 Å². The maximum atomic E-state index is 5.05. The largest absolute Gasteiger partial charge is 0.481 e. The lowest BCUT2D eigenvalue weighted by molar-refractivity contribution is 0.327. The molecular formula is C14H22N2O. The molecule has 0 spiro atoms. The summed E-state index contributed by atoms with van der Waals surface area (Å²) in [5, 5.41) is 3.58. The van der Waals surface area contributed by atoms with Crippen LogP contribution in [0.5, 0.6) is 5.88 Å². The van der Waals surface area contributed by atoms with E-state index in [1.54, 1.807) is 7.11 Å². The average Bonchev–Trinajstić information content (AvgIpc) is 2.40. The highest BCUT2D eigenvalue weighted by atomic mass is 16.5. The lowest BCUT2D eigenvalue weighted by Crippen LogP contribution is -2.27. The lowest BCUT2D eigenvalue weighted by Gasteiger charge is -2.29. The van der Waals surface area contributed by atoms with Crippen LogP contribution in [0.3, 0.4) is 0 Å². The van der Waals surface area contributed by atoms with Crippen LogP contribution in [0.1, 0.15) is 39.0 Å². The van der Waals surface area contributed by atoms with Crippen molar-refractivity contribution < 1.29 is 4.74 Å². The van der Waals surface area contributed by atoms with Gasteiger partial charge in [0.15, 0.2) is 0 Å². The van der Waals surface area contributed by atoms with Gasteiger partial charge in [0.05, 0.1) is 19.0 Å². The summed E-state index contributed by atoms with van der Waals surface area (Å²) in [4.78, 5) is 4.22. The quantitative estimate of drug-likeness (QED) is 0.866. The summed E-state index contributed by atoms with van der Waals surface area (Å²) >= 11 is 0. The number of rotatable bonds is 4. The fraction of sp³-hybridized carbons (Fsp3) is 0.643. The van der Waals surface area contributed by atoms with Gasteiger partial charge in [0.1, 0.15) is 0 Å². The van der Waals surface area contributed by atoms with Crippen LogP contribution < -0.4 is 10.1 Å². The predicted molar refractivity (Wildman–Crippen MR) is 70.4 cm³/mol. The monoisotopic (exact) mass is 234 g/mol. The topological polar surface area (TPSA) is 34.1 Å². The third kappa shape index (κ3) is 3.35. The van der Waals surface area contributed by atoms with Crippen LogP contribution in [0.4, 0.5) is 5.69 Å². The number of pyridine rings is 1. The van der Waals surface area contributed by atoms with E-state index >= 15 is 0 Å². The molecule has 1 heterocycles. The van der Waals surface area contributed by atoms with Crippen molar-refractivity contribution in [1.82, 2.24) is 4.98 Å². The fourth-order valence-electron chi connectivity index (χ4n) is 2.62. The maximum absolute atomic E-state index is 5.05. The van der Waals surface area contributed by atoms with Crippen LogP contribution >= 0.6 is 0 Å². The number of aromatic nitrogens is 1. The molecule has 1 aliphatic rings. The Morgan fingerprint density at radius 1 is 1.41 bits per heavy atom. The van der Waals surface area contributed by atoms with Crippen LogP contribution in [0.15, 0.2) is 18.3 Å². The normalized spacial score (nSPS) is 24.4. The van der Waals surface area contributed by atoms with E-state index in [4.69, 9.17) is 4.74 Å². The van der Waals surface area contributed by atoms with Crippen molar-refractivity contribution >= 4 is 5.69 Å². The van der Waals surface area contributed by atoms with Crippen LogP contribution in [-0.4, -0.2) is 18.1 Å². The summed E-state index contributed by atoms with van der Waals surface area (Å²) in [7, 11) is 1.64. The molecule has 2 rings (SSSR count). The third-order valence-electron chi connectivity index (χ3n) is 3.68. The fourth-order valence-corrected chi connectivity index (χ4v) is 2.62. The second-order valence-electron chi connectivity index (χ2n) is 4.87. The van der Waals surface area contributed by atoms with Gasteiger partial charge in [-0.05, 0) is 24.8 Å². The molecule has 2 atom stereocenters. The van der Waals surface area contributed by atoms with Crippen molar-refractivity contribution in [1.29, 1.82) is 0 Å². The highest BCUT2D eigenvalue weighted by Crippen LogP contribution is 2.28. The van der Waals surface area contributed by atoms with E-state index < -0.39 is 0 Å². The zero-order chi connectivity index (χ0) is 12.1. The first-order valence-electron chi connectivity index (χ1n) is 6.58. The van der Waals surface area contributed by atoms with Gasteiger partial charge in [-0.3, -0.25) is 0 Å². The molecular weight excluding hydrogens is 212 g/mol. The molecule has 3 heteroatoms. The summed E-state index contributed by atoms with van der Waals surface area (Å²) in [6, 6.07) is 4.56. The van der Waals surface area contributed by atoms with Crippen molar-refractivity contribution in [3.63, 3.8) is 0 Å². The minimum absolute atomic E-state index is 0.615. The number of methoxy groups -OCH3 is 1. The van der Waals surface area contributed by atoms with Crippen molar-refractivity contribution in [3.8, 4) is 5.88 Å².